The van der Waals surface area contributed by atoms with Crippen molar-refractivity contribution in [1.29, 1.82) is 5.26 Å². The fourth-order valence-electron chi connectivity index (χ4n) is 2.39. The summed E-state index contributed by atoms with van der Waals surface area (Å²) in [6.07, 6.45) is 1.51. The van der Waals surface area contributed by atoms with Crippen LogP contribution < -0.4 is 0 Å². The van der Waals surface area contributed by atoms with Gasteiger partial charge in [0.1, 0.15) is 17.0 Å². The number of halogens is 1. The SMILES string of the molecule is N#Cc1c(Cl)cccc1S(=O)(=O)N1CCCCC1C(=O)O. The summed E-state index contributed by atoms with van der Waals surface area (Å²) < 4.78 is 26.3. The number of rotatable bonds is 3. The first-order valence-electron chi connectivity index (χ1n) is 6.33. The quantitative estimate of drug-likeness (QED) is 0.912. The molecule has 1 unspecified atom stereocenters. The Hall–Kier alpha value is -1.62. The van der Waals surface area contributed by atoms with Crippen molar-refractivity contribution in [1.82, 2.24) is 4.31 Å². The molecular formula is C13H13ClN2O4S. The molecule has 6 nitrogen and oxygen atoms in total. The van der Waals surface area contributed by atoms with Gasteiger partial charge in [-0.2, -0.15) is 9.57 Å². The van der Waals surface area contributed by atoms with Crippen LogP contribution in [0.1, 0.15) is 24.8 Å². The minimum Gasteiger partial charge on any atom is -0.480 e. The standard InChI is InChI=1S/C13H13ClN2O4S/c14-10-4-3-6-12(9(10)8-15)21(19,20)16-7-2-1-5-11(16)13(17)18/h3-4,6,11H,1-2,5,7H2,(H,17,18). The zero-order chi connectivity index (χ0) is 15.6. The number of sulfonamides is 1. The van der Waals surface area contributed by atoms with Crippen molar-refractivity contribution < 1.29 is 18.3 Å². The summed E-state index contributed by atoms with van der Waals surface area (Å²) in [4.78, 5) is 11.0. The molecule has 0 aromatic heterocycles. The molecule has 1 aromatic carbocycles. The van der Waals surface area contributed by atoms with E-state index in [2.05, 4.69) is 0 Å². The fraction of sp³-hybridized carbons (Fsp3) is 0.385. The highest BCUT2D eigenvalue weighted by molar-refractivity contribution is 7.89. The zero-order valence-corrected chi connectivity index (χ0v) is 12.6. The molecule has 21 heavy (non-hydrogen) atoms. The van der Waals surface area contributed by atoms with E-state index in [0.29, 0.717) is 12.8 Å². The molecule has 0 spiro atoms. The summed E-state index contributed by atoms with van der Waals surface area (Å²) in [7, 11) is -4.08. The van der Waals surface area contributed by atoms with Crippen LogP contribution >= 0.6 is 11.6 Å². The Morgan fingerprint density at radius 2 is 2.14 bits per heavy atom. The van der Waals surface area contributed by atoms with E-state index in [4.69, 9.17) is 16.9 Å². The van der Waals surface area contributed by atoms with Crippen LogP contribution in [-0.2, 0) is 14.8 Å². The summed E-state index contributed by atoms with van der Waals surface area (Å²) in [5.74, 6) is -1.18. The van der Waals surface area contributed by atoms with Gasteiger partial charge in [0, 0.05) is 6.54 Å². The van der Waals surface area contributed by atoms with Gasteiger partial charge in [-0.3, -0.25) is 4.79 Å². The molecule has 112 valence electrons. The number of hydrogen-bond acceptors (Lipinski definition) is 4. The van der Waals surface area contributed by atoms with Crippen LogP contribution in [0, 0.1) is 11.3 Å². The van der Waals surface area contributed by atoms with Gasteiger partial charge in [-0.25, -0.2) is 8.42 Å². The maximum Gasteiger partial charge on any atom is 0.322 e. The molecule has 1 heterocycles. The van der Waals surface area contributed by atoms with Crippen molar-refractivity contribution in [3.63, 3.8) is 0 Å². The molecule has 0 amide bonds. The highest BCUT2D eigenvalue weighted by Crippen LogP contribution is 2.30. The zero-order valence-electron chi connectivity index (χ0n) is 11.0. The predicted molar refractivity (Wildman–Crippen MR) is 75.3 cm³/mol. The van der Waals surface area contributed by atoms with Crippen molar-refractivity contribution in [3.8, 4) is 6.07 Å². The van der Waals surface area contributed by atoms with E-state index < -0.39 is 22.0 Å². The average molecular weight is 329 g/mol. The number of nitriles is 1. The van der Waals surface area contributed by atoms with Gasteiger partial charge in [0.15, 0.2) is 0 Å². The molecule has 8 heteroatoms. The normalized spacial score (nSPS) is 19.9. The smallest absolute Gasteiger partial charge is 0.322 e. The number of carboxylic acid groups (broad SMARTS) is 1. The Bertz CT molecular complexity index is 711. The van der Waals surface area contributed by atoms with Crippen molar-refractivity contribution in [2.45, 2.75) is 30.2 Å². The van der Waals surface area contributed by atoms with E-state index in [9.17, 15) is 18.3 Å². The van der Waals surface area contributed by atoms with Crippen LogP contribution in [0.5, 0.6) is 0 Å². The van der Waals surface area contributed by atoms with Crippen LogP contribution in [0.4, 0.5) is 0 Å². The fourth-order valence-corrected chi connectivity index (χ4v) is 4.48. The van der Waals surface area contributed by atoms with Gasteiger partial charge < -0.3 is 5.11 Å². The van der Waals surface area contributed by atoms with Crippen molar-refractivity contribution in [3.05, 3.63) is 28.8 Å². The molecule has 1 aliphatic heterocycles. The first-order chi connectivity index (χ1) is 9.89. The van der Waals surface area contributed by atoms with Gasteiger partial charge in [-0.1, -0.05) is 17.7 Å². The number of hydrogen-bond donors (Lipinski definition) is 1. The number of piperidine rings is 1. The third kappa shape index (κ3) is 2.88. The van der Waals surface area contributed by atoms with Crippen LogP contribution in [0.25, 0.3) is 0 Å². The Labute approximate surface area is 127 Å². The van der Waals surface area contributed by atoms with Gasteiger partial charge in [0.05, 0.1) is 10.6 Å². The van der Waals surface area contributed by atoms with Crippen molar-refractivity contribution >= 4 is 27.6 Å². The summed E-state index contributed by atoms with van der Waals surface area (Å²) in [6, 6.07) is 4.78. The lowest BCUT2D eigenvalue weighted by Crippen LogP contribution is -2.48. The summed E-state index contributed by atoms with van der Waals surface area (Å²) in [6.45, 7) is 0.122. The lowest BCUT2D eigenvalue weighted by Gasteiger charge is -2.32. The van der Waals surface area contributed by atoms with Crippen LogP contribution in [0.15, 0.2) is 23.1 Å². The van der Waals surface area contributed by atoms with Gasteiger partial charge in [0.25, 0.3) is 0 Å². The highest BCUT2D eigenvalue weighted by Gasteiger charge is 2.38. The minimum absolute atomic E-state index is 0.0301. The lowest BCUT2D eigenvalue weighted by atomic mass is 10.1. The third-order valence-corrected chi connectivity index (χ3v) is 5.68. The van der Waals surface area contributed by atoms with Crippen molar-refractivity contribution in [2.24, 2.45) is 0 Å². The lowest BCUT2D eigenvalue weighted by molar-refractivity contribution is -0.142. The monoisotopic (exact) mass is 328 g/mol. The molecule has 1 fully saturated rings. The molecular weight excluding hydrogens is 316 g/mol. The number of nitrogens with zero attached hydrogens (tertiary/aromatic N) is 2. The molecule has 1 atom stereocenters. The number of benzene rings is 1. The number of aliphatic carboxylic acids is 1. The maximum absolute atomic E-state index is 12.7. The van der Waals surface area contributed by atoms with E-state index in [1.54, 1.807) is 6.07 Å². The molecule has 2 rings (SSSR count). The van der Waals surface area contributed by atoms with E-state index >= 15 is 0 Å². The molecule has 0 radical (unpaired) electrons. The topological polar surface area (TPSA) is 98.5 Å². The second kappa shape index (κ2) is 6.02. The molecule has 0 bridgehead atoms. The molecule has 0 aliphatic carbocycles. The molecule has 1 aromatic rings. The Balaban J connectivity index is 2.54. The first-order valence-corrected chi connectivity index (χ1v) is 8.14. The number of carbonyl (C=O) groups is 1. The minimum atomic E-state index is -4.08. The van der Waals surface area contributed by atoms with Gasteiger partial charge >= 0.3 is 5.97 Å². The molecule has 1 aliphatic rings. The Morgan fingerprint density at radius 1 is 1.43 bits per heavy atom. The number of carboxylic acids is 1. The summed E-state index contributed by atoms with van der Waals surface area (Å²) in [5.41, 5.74) is -0.158. The Morgan fingerprint density at radius 3 is 2.76 bits per heavy atom. The van der Waals surface area contributed by atoms with Gasteiger partial charge in [-0.15, -0.1) is 0 Å². The van der Waals surface area contributed by atoms with E-state index in [-0.39, 0.29) is 28.4 Å². The van der Waals surface area contributed by atoms with Crippen LogP contribution in [0.3, 0.4) is 0 Å². The highest BCUT2D eigenvalue weighted by atomic mass is 35.5. The second-order valence-electron chi connectivity index (χ2n) is 4.69. The summed E-state index contributed by atoms with van der Waals surface area (Å²) in [5, 5.41) is 18.3. The van der Waals surface area contributed by atoms with Crippen LogP contribution in [0.2, 0.25) is 5.02 Å². The third-order valence-electron chi connectivity index (χ3n) is 3.41. The van der Waals surface area contributed by atoms with Gasteiger partial charge in [0.2, 0.25) is 10.0 Å². The van der Waals surface area contributed by atoms with E-state index in [0.717, 1.165) is 4.31 Å². The van der Waals surface area contributed by atoms with E-state index in [1.165, 1.54) is 18.2 Å². The predicted octanol–water partition coefficient (Wildman–Crippen LogP) is 1.84. The van der Waals surface area contributed by atoms with E-state index in [1.807, 2.05) is 0 Å². The van der Waals surface area contributed by atoms with Crippen LogP contribution in [-0.4, -0.2) is 36.4 Å². The molecule has 1 saturated heterocycles. The summed E-state index contributed by atoms with van der Waals surface area (Å²) >= 11 is 5.85. The maximum atomic E-state index is 12.7. The van der Waals surface area contributed by atoms with Crippen molar-refractivity contribution in [2.75, 3.05) is 6.54 Å². The first kappa shape index (κ1) is 15.8. The second-order valence-corrected chi connectivity index (χ2v) is 6.96. The molecule has 0 saturated carbocycles. The van der Waals surface area contributed by atoms with Gasteiger partial charge in [-0.05, 0) is 31.4 Å². The average Bonchev–Trinajstić information content (AvgIpc) is 2.46. The molecule has 1 N–H and O–H groups in total. The Kier molecular flexibility index (Phi) is 4.52. The largest absolute Gasteiger partial charge is 0.480 e.